The molecule has 1 N–H and O–H groups in total. The van der Waals surface area contributed by atoms with E-state index in [0.29, 0.717) is 17.3 Å². The highest BCUT2D eigenvalue weighted by atomic mass is 35.5. The molecule has 0 heterocycles. The van der Waals surface area contributed by atoms with Crippen LogP contribution >= 0.6 is 23.2 Å². The normalized spacial score (nSPS) is 12.5. The fourth-order valence-electron chi connectivity index (χ4n) is 2.84. The molecule has 1 atom stereocenters. The zero-order valence-corrected chi connectivity index (χ0v) is 18.4. The summed E-state index contributed by atoms with van der Waals surface area (Å²) in [4.78, 5) is 12.5. The standard InChI is InChI=1S/C20H24Cl2N2O3S/c1-14-6-8-16(9-7-14)5-4-12-23-20(25)15(2)24(28(3,26)27)17-10-11-18(21)19(22)13-17/h6-11,13,15H,4-5,12H2,1-3H3,(H,23,25)/t15-/m0/s1. The fourth-order valence-corrected chi connectivity index (χ4v) is 4.30. The quantitative estimate of drug-likeness (QED) is 0.622. The van der Waals surface area contributed by atoms with Gasteiger partial charge in [0.1, 0.15) is 6.04 Å². The number of rotatable bonds is 8. The second-order valence-electron chi connectivity index (χ2n) is 6.71. The summed E-state index contributed by atoms with van der Waals surface area (Å²) >= 11 is 11.9. The van der Waals surface area contributed by atoms with Crippen molar-refractivity contribution in [3.8, 4) is 0 Å². The lowest BCUT2D eigenvalue weighted by atomic mass is 10.1. The van der Waals surface area contributed by atoms with E-state index in [9.17, 15) is 13.2 Å². The summed E-state index contributed by atoms with van der Waals surface area (Å²) < 4.78 is 25.6. The number of hydrogen-bond acceptors (Lipinski definition) is 3. The molecule has 8 heteroatoms. The summed E-state index contributed by atoms with van der Waals surface area (Å²) in [5, 5.41) is 3.34. The van der Waals surface area contributed by atoms with Gasteiger partial charge in [0.05, 0.1) is 22.0 Å². The first-order chi connectivity index (χ1) is 13.1. The Bertz CT molecular complexity index is 931. The molecule has 28 heavy (non-hydrogen) atoms. The lowest BCUT2D eigenvalue weighted by molar-refractivity contribution is -0.121. The highest BCUT2D eigenvalue weighted by molar-refractivity contribution is 7.92. The minimum atomic E-state index is -3.70. The number of benzene rings is 2. The monoisotopic (exact) mass is 442 g/mol. The number of halogens is 2. The van der Waals surface area contributed by atoms with Crippen molar-refractivity contribution < 1.29 is 13.2 Å². The number of carbonyl (C=O) groups is 1. The highest BCUT2D eigenvalue weighted by Crippen LogP contribution is 2.29. The van der Waals surface area contributed by atoms with Gasteiger partial charge < -0.3 is 5.32 Å². The van der Waals surface area contributed by atoms with Crippen LogP contribution in [0.2, 0.25) is 10.0 Å². The summed E-state index contributed by atoms with van der Waals surface area (Å²) in [5.74, 6) is -0.375. The maximum atomic E-state index is 12.5. The second-order valence-corrected chi connectivity index (χ2v) is 9.39. The minimum absolute atomic E-state index is 0.221. The van der Waals surface area contributed by atoms with Crippen molar-refractivity contribution in [3.05, 3.63) is 63.6 Å². The van der Waals surface area contributed by atoms with Crippen molar-refractivity contribution in [1.29, 1.82) is 0 Å². The molecule has 0 fully saturated rings. The van der Waals surface area contributed by atoms with E-state index in [2.05, 4.69) is 29.6 Å². The van der Waals surface area contributed by atoms with Gasteiger partial charge in [-0.25, -0.2) is 8.42 Å². The third-order valence-corrected chi connectivity index (χ3v) is 6.29. The van der Waals surface area contributed by atoms with Crippen molar-refractivity contribution in [2.24, 2.45) is 0 Å². The first kappa shape index (κ1) is 22.5. The van der Waals surface area contributed by atoms with E-state index >= 15 is 0 Å². The van der Waals surface area contributed by atoms with Crippen LogP contribution in [0.4, 0.5) is 5.69 Å². The van der Waals surface area contributed by atoms with Crippen LogP contribution in [0.3, 0.4) is 0 Å². The van der Waals surface area contributed by atoms with Gasteiger partial charge in [-0.2, -0.15) is 0 Å². The number of anilines is 1. The largest absolute Gasteiger partial charge is 0.354 e. The number of aryl methyl sites for hydroxylation is 2. The Hall–Kier alpha value is -1.76. The Morgan fingerprint density at radius 3 is 2.32 bits per heavy atom. The Morgan fingerprint density at radius 2 is 1.75 bits per heavy atom. The Balaban J connectivity index is 2.01. The van der Waals surface area contributed by atoms with Crippen molar-refractivity contribution >= 4 is 44.8 Å². The van der Waals surface area contributed by atoms with E-state index in [0.717, 1.165) is 23.4 Å². The molecule has 1 amide bonds. The molecule has 0 aliphatic rings. The summed E-state index contributed by atoms with van der Waals surface area (Å²) in [6.45, 7) is 4.03. The summed E-state index contributed by atoms with van der Waals surface area (Å²) in [7, 11) is -3.70. The molecule has 0 spiro atoms. The summed E-state index contributed by atoms with van der Waals surface area (Å²) in [6, 6.07) is 11.8. The first-order valence-electron chi connectivity index (χ1n) is 8.87. The van der Waals surface area contributed by atoms with Gasteiger partial charge in [-0.15, -0.1) is 0 Å². The van der Waals surface area contributed by atoms with E-state index in [1.165, 1.54) is 29.3 Å². The molecule has 152 valence electrons. The first-order valence-corrected chi connectivity index (χ1v) is 11.5. The smallest absolute Gasteiger partial charge is 0.243 e. The van der Waals surface area contributed by atoms with Crippen molar-refractivity contribution in [1.82, 2.24) is 5.32 Å². The van der Waals surface area contributed by atoms with E-state index in [1.807, 2.05) is 6.92 Å². The average Bonchev–Trinajstić information content (AvgIpc) is 2.62. The molecule has 0 aliphatic heterocycles. The topological polar surface area (TPSA) is 66.5 Å². The van der Waals surface area contributed by atoms with Gasteiger partial charge in [-0.1, -0.05) is 53.0 Å². The molecule has 0 unspecified atom stereocenters. The summed E-state index contributed by atoms with van der Waals surface area (Å²) in [5.41, 5.74) is 2.69. The van der Waals surface area contributed by atoms with Crippen LogP contribution in [0.5, 0.6) is 0 Å². The number of hydrogen-bond donors (Lipinski definition) is 1. The van der Waals surface area contributed by atoms with E-state index < -0.39 is 16.1 Å². The van der Waals surface area contributed by atoms with Gasteiger partial charge in [-0.05, 0) is 50.5 Å². The van der Waals surface area contributed by atoms with E-state index in [4.69, 9.17) is 23.2 Å². The Kier molecular flexibility index (Phi) is 7.75. The third kappa shape index (κ3) is 6.12. The molecule has 2 rings (SSSR count). The van der Waals surface area contributed by atoms with E-state index in [1.54, 1.807) is 6.92 Å². The van der Waals surface area contributed by atoms with Gasteiger partial charge in [0.25, 0.3) is 0 Å². The molecule has 2 aromatic rings. The number of nitrogens with zero attached hydrogens (tertiary/aromatic N) is 1. The lowest BCUT2D eigenvalue weighted by Crippen LogP contribution is -2.48. The van der Waals surface area contributed by atoms with Crippen molar-refractivity contribution in [2.75, 3.05) is 17.1 Å². The second kappa shape index (κ2) is 9.63. The molecule has 0 saturated heterocycles. The van der Waals surface area contributed by atoms with Crippen LogP contribution in [0.1, 0.15) is 24.5 Å². The third-order valence-electron chi connectivity index (χ3n) is 4.31. The predicted molar refractivity (Wildman–Crippen MR) is 116 cm³/mol. The molecule has 0 saturated carbocycles. The molecule has 0 aliphatic carbocycles. The minimum Gasteiger partial charge on any atom is -0.354 e. The highest BCUT2D eigenvalue weighted by Gasteiger charge is 2.29. The molecule has 0 bridgehead atoms. The lowest BCUT2D eigenvalue weighted by Gasteiger charge is -2.28. The number of sulfonamides is 1. The fraction of sp³-hybridized carbons (Fsp3) is 0.350. The van der Waals surface area contributed by atoms with Crippen LogP contribution in [-0.4, -0.2) is 33.2 Å². The van der Waals surface area contributed by atoms with Gasteiger partial charge in [0.15, 0.2) is 0 Å². The van der Waals surface area contributed by atoms with Gasteiger partial charge >= 0.3 is 0 Å². The number of carbonyl (C=O) groups excluding carboxylic acids is 1. The van der Waals surface area contributed by atoms with Crippen LogP contribution < -0.4 is 9.62 Å². The van der Waals surface area contributed by atoms with Crippen LogP contribution in [0, 0.1) is 6.92 Å². The van der Waals surface area contributed by atoms with Crippen molar-refractivity contribution in [3.63, 3.8) is 0 Å². The Morgan fingerprint density at radius 1 is 1.11 bits per heavy atom. The van der Waals surface area contributed by atoms with Crippen LogP contribution in [-0.2, 0) is 21.2 Å². The molecule has 0 aromatic heterocycles. The molecule has 2 aromatic carbocycles. The van der Waals surface area contributed by atoms with Crippen LogP contribution in [0.15, 0.2) is 42.5 Å². The van der Waals surface area contributed by atoms with Crippen LogP contribution in [0.25, 0.3) is 0 Å². The van der Waals surface area contributed by atoms with Gasteiger partial charge in [0, 0.05) is 6.54 Å². The predicted octanol–water partition coefficient (Wildman–Crippen LogP) is 4.21. The summed E-state index contributed by atoms with van der Waals surface area (Å²) in [6.07, 6.45) is 2.64. The molecule has 0 radical (unpaired) electrons. The maximum absolute atomic E-state index is 12.5. The number of nitrogens with one attached hydrogen (secondary N) is 1. The zero-order chi connectivity index (χ0) is 20.9. The average molecular weight is 443 g/mol. The SMILES string of the molecule is Cc1ccc(CCCNC(=O)[C@H](C)N(c2ccc(Cl)c(Cl)c2)S(C)(=O)=O)cc1. The molecule has 5 nitrogen and oxygen atoms in total. The van der Waals surface area contributed by atoms with Gasteiger partial charge in [0.2, 0.25) is 15.9 Å². The maximum Gasteiger partial charge on any atom is 0.243 e. The van der Waals surface area contributed by atoms with Gasteiger partial charge in [-0.3, -0.25) is 9.10 Å². The molecular formula is C20H24Cl2N2O3S. The zero-order valence-electron chi connectivity index (χ0n) is 16.1. The van der Waals surface area contributed by atoms with Crippen molar-refractivity contribution in [2.45, 2.75) is 32.7 Å². The molecular weight excluding hydrogens is 419 g/mol. The number of amides is 1. The van der Waals surface area contributed by atoms with E-state index in [-0.39, 0.29) is 10.9 Å². The Labute approximate surface area is 176 Å².